The van der Waals surface area contributed by atoms with Crippen molar-refractivity contribution in [1.82, 2.24) is 4.90 Å². The molecule has 0 saturated heterocycles. The summed E-state index contributed by atoms with van der Waals surface area (Å²) in [7, 11) is 1.52. The molecule has 170 valence electrons. The smallest absolute Gasteiger partial charge is 0.263 e. The molecule has 3 aromatic carbocycles. The number of benzene rings is 3. The van der Waals surface area contributed by atoms with E-state index in [1.54, 1.807) is 60.4 Å². The summed E-state index contributed by atoms with van der Waals surface area (Å²) in [6, 6.07) is 18.6. The van der Waals surface area contributed by atoms with Crippen molar-refractivity contribution < 1.29 is 23.5 Å². The highest BCUT2D eigenvalue weighted by Gasteiger charge is 2.28. The van der Waals surface area contributed by atoms with Crippen LogP contribution in [0.3, 0.4) is 0 Å². The minimum Gasteiger partial charge on any atom is -0.496 e. The molecular weight excluding hydrogens is 423 g/mol. The molecule has 0 aliphatic carbocycles. The summed E-state index contributed by atoms with van der Waals surface area (Å²) < 4.78 is 24.3. The lowest BCUT2D eigenvalue weighted by atomic mass is 10.1. The first-order valence-electron chi connectivity index (χ1n) is 10.7. The molecule has 0 saturated carbocycles. The average molecular weight is 448 g/mol. The number of rotatable bonds is 6. The van der Waals surface area contributed by atoms with E-state index in [4.69, 9.17) is 9.47 Å². The van der Waals surface area contributed by atoms with E-state index in [0.717, 1.165) is 11.1 Å². The Kier molecular flexibility index (Phi) is 6.58. The maximum absolute atomic E-state index is 13.2. The Morgan fingerprint density at radius 2 is 1.91 bits per heavy atom. The Balaban J connectivity index is 1.52. The Morgan fingerprint density at radius 3 is 2.67 bits per heavy atom. The second-order valence-electron chi connectivity index (χ2n) is 7.87. The fourth-order valence-electron chi connectivity index (χ4n) is 3.81. The van der Waals surface area contributed by atoms with E-state index in [1.165, 1.54) is 19.2 Å². The first-order valence-corrected chi connectivity index (χ1v) is 10.7. The molecule has 6 nitrogen and oxygen atoms in total. The standard InChI is InChI=1S/C26H25FN2O4/c1-17-26(31)29(14-13-18-7-9-20(27)10-8-18)16-19-15-21(11-12-23(19)33-17)28-25(30)22-5-3-4-6-24(22)32-2/h3-12,15,17H,13-14,16H2,1-2H3,(H,28,30)/t17-/m1/s1. The van der Waals surface area contributed by atoms with Gasteiger partial charge in [-0.25, -0.2) is 4.39 Å². The molecule has 2 amide bonds. The highest BCUT2D eigenvalue weighted by Crippen LogP contribution is 2.29. The second kappa shape index (κ2) is 9.73. The first-order chi connectivity index (χ1) is 15.9. The summed E-state index contributed by atoms with van der Waals surface area (Å²) in [5, 5.41) is 2.89. The molecule has 0 fully saturated rings. The van der Waals surface area contributed by atoms with Gasteiger partial charge in [-0.15, -0.1) is 0 Å². The van der Waals surface area contributed by atoms with Gasteiger partial charge < -0.3 is 19.7 Å². The lowest BCUT2D eigenvalue weighted by molar-refractivity contribution is -0.137. The van der Waals surface area contributed by atoms with Gasteiger partial charge in [0.25, 0.3) is 11.8 Å². The van der Waals surface area contributed by atoms with Gasteiger partial charge in [0.2, 0.25) is 0 Å². The number of fused-ring (bicyclic) bond motifs is 1. The Bertz CT molecular complexity index is 1160. The molecule has 4 rings (SSSR count). The number of amides is 2. The molecule has 3 aromatic rings. The van der Waals surface area contributed by atoms with Crippen LogP contribution in [0.5, 0.6) is 11.5 Å². The third kappa shape index (κ3) is 5.14. The zero-order valence-corrected chi connectivity index (χ0v) is 18.5. The van der Waals surface area contributed by atoms with Gasteiger partial charge in [0.1, 0.15) is 17.3 Å². The minimum absolute atomic E-state index is 0.118. The number of carbonyl (C=O) groups is 2. The summed E-state index contributed by atoms with van der Waals surface area (Å²) in [6.45, 7) is 2.53. The van der Waals surface area contributed by atoms with Crippen molar-refractivity contribution in [2.75, 3.05) is 19.0 Å². The predicted octanol–water partition coefficient (Wildman–Crippen LogP) is 4.44. The second-order valence-corrected chi connectivity index (χ2v) is 7.87. The van der Waals surface area contributed by atoms with Crippen molar-refractivity contribution in [2.45, 2.75) is 26.0 Å². The SMILES string of the molecule is COc1ccccc1C(=O)Nc1ccc2c(c1)CN(CCc1ccc(F)cc1)C(=O)[C@@H](C)O2. The van der Waals surface area contributed by atoms with Crippen LogP contribution in [0.4, 0.5) is 10.1 Å². The van der Waals surface area contributed by atoms with E-state index in [9.17, 15) is 14.0 Å². The molecule has 7 heteroatoms. The van der Waals surface area contributed by atoms with Crippen LogP contribution >= 0.6 is 0 Å². The highest BCUT2D eigenvalue weighted by molar-refractivity contribution is 6.06. The third-order valence-corrected chi connectivity index (χ3v) is 5.58. The van der Waals surface area contributed by atoms with Crippen LogP contribution in [0, 0.1) is 5.82 Å². The van der Waals surface area contributed by atoms with E-state index in [-0.39, 0.29) is 17.6 Å². The van der Waals surface area contributed by atoms with Crippen LogP contribution < -0.4 is 14.8 Å². The number of ether oxygens (including phenoxy) is 2. The molecule has 0 aromatic heterocycles. The van der Waals surface area contributed by atoms with Crippen LogP contribution in [-0.2, 0) is 17.8 Å². The summed E-state index contributed by atoms with van der Waals surface area (Å²) in [6.07, 6.45) is -0.0355. The maximum atomic E-state index is 13.2. The zero-order valence-electron chi connectivity index (χ0n) is 18.5. The van der Waals surface area contributed by atoms with Crippen LogP contribution in [0.25, 0.3) is 0 Å². The normalized spacial score (nSPS) is 15.3. The summed E-state index contributed by atoms with van der Waals surface area (Å²) >= 11 is 0. The summed E-state index contributed by atoms with van der Waals surface area (Å²) in [5.74, 6) is 0.394. The van der Waals surface area contributed by atoms with Gasteiger partial charge in [-0.3, -0.25) is 9.59 Å². The lowest BCUT2D eigenvalue weighted by Gasteiger charge is -2.22. The van der Waals surface area contributed by atoms with E-state index >= 15 is 0 Å². The minimum atomic E-state index is -0.631. The quantitative estimate of drug-likeness (QED) is 0.606. The number of carbonyl (C=O) groups excluding carboxylic acids is 2. The number of halogens is 1. The number of anilines is 1. The van der Waals surface area contributed by atoms with Crippen molar-refractivity contribution in [3.8, 4) is 11.5 Å². The van der Waals surface area contributed by atoms with E-state index in [0.29, 0.717) is 42.3 Å². The average Bonchev–Trinajstić information content (AvgIpc) is 2.94. The van der Waals surface area contributed by atoms with Crippen LogP contribution in [0.1, 0.15) is 28.4 Å². The molecule has 33 heavy (non-hydrogen) atoms. The Labute approximate surface area is 191 Å². The zero-order chi connectivity index (χ0) is 23.4. The Hall–Kier alpha value is -3.87. The Morgan fingerprint density at radius 1 is 1.15 bits per heavy atom. The number of para-hydroxylation sites is 1. The van der Waals surface area contributed by atoms with Crippen molar-refractivity contribution in [3.63, 3.8) is 0 Å². The number of hydrogen-bond acceptors (Lipinski definition) is 4. The number of nitrogens with one attached hydrogen (secondary N) is 1. The van der Waals surface area contributed by atoms with Crippen molar-refractivity contribution >= 4 is 17.5 Å². The molecule has 0 spiro atoms. The van der Waals surface area contributed by atoms with Gasteiger partial charge in [0, 0.05) is 24.3 Å². The van der Waals surface area contributed by atoms with Crippen molar-refractivity contribution in [1.29, 1.82) is 0 Å². The van der Waals surface area contributed by atoms with Crippen LogP contribution in [-0.4, -0.2) is 36.5 Å². The predicted molar refractivity (Wildman–Crippen MR) is 123 cm³/mol. The summed E-state index contributed by atoms with van der Waals surface area (Å²) in [5.41, 5.74) is 2.76. The summed E-state index contributed by atoms with van der Waals surface area (Å²) in [4.78, 5) is 27.4. The maximum Gasteiger partial charge on any atom is 0.263 e. The first kappa shape index (κ1) is 22.3. The number of hydrogen-bond donors (Lipinski definition) is 1. The van der Waals surface area contributed by atoms with Crippen LogP contribution in [0.2, 0.25) is 0 Å². The van der Waals surface area contributed by atoms with Gasteiger partial charge in [-0.2, -0.15) is 0 Å². The fraction of sp³-hybridized carbons (Fsp3) is 0.231. The fourth-order valence-corrected chi connectivity index (χ4v) is 3.81. The molecular formula is C26H25FN2O4. The van der Waals surface area contributed by atoms with Gasteiger partial charge in [-0.1, -0.05) is 24.3 Å². The van der Waals surface area contributed by atoms with E-state index in [2.05, 4.69) is 5.32 Å². The van der Waals surface area contributed by atoms with Gasteiger partial charge in [-0.05, 0) is 61.4 Å². The monoisotopic (exact) mass is 448 g/mol. The third-order valence-electron chi connectivity index (χ3n) is 5.58. The van der Waals surface area contributed by atoms with E-state index < -0.39 is 6.10 Å². The van der Waals surface area contributed by atoms with E-state index in [1.807, 2.05) is 6.07 Å². The van der Waals surface area contributed by atoms with Crippen LogP contribution in [0.15, 0.2) is 66.7 Å². The molecule has 0 radical (unpaired) electrons. The molecule has 0 bridgehead atoms. The van der Waals surface area contributed by atoms with Gasteiger partial charge in [0.05, 0.1) is 12.7 Å². The molecule has 1 aliphatic rings. The topological polar surface area (TPSA) is 67.9 Å². The highest BCUT2D eigenvalue weighted by atomic mass is 19.1. The van der Waals surface area contributed by atoms with Crippen molar-refractivity contribution in [3.05, 3.63) is 89.2 Å². The number of nitrogens with zero attached hydrogens (tertiary/aromatic N) is 1. The van der Waals surface area contributed by atoms with Gasteiger partial charge >= 0.3 is 0 Å². The van der Waals surface area contributed by atoms with Crippen molar-refractivity contribution in [2.24, 2.45) is 0 Å². The molecule has 1 aliphatic heterocycles. The number of methoxy groups -OCH3 is 1. The molecule has 1 atom stereocenters. The molecule has 0 unspecified atom stereocenters. The molecule has 1 N–H and O–H groups in total. The molecule has 1 heterocycles. The van der Waals surface area contributed by atoms with Gasteiger partial charge in [0.15, 0.2) is 6.10 Å². The largest absolute Gasteiger partial charge is 0.496 e. The lowest BCUT2D eigenvalue weighted by Crippen LogP contribution is -2.39.